The first kappa shape index (κ1) is 67.5. The molecule has 2 saturated heterocycles. The van der Waals surface area contributed by atoms with Crippen molar-refractivity contribution >= 4 is 87.5 Å². The molecule has 4 aromatic rings. The van der Waals surface area contributed by atoms with Gasteiger partial charge in [0.25, 0.3) is 5.91 Å². The number of nitrogens with two attached hydrogens (primary N) is 1. The van der Waals surface area contributed by atoms with Crippen LogP contribution in [0.2, 0.25) is 0 Å². The summed E-state index contributed by atoms with van der Waals surface area (Å²) in [6, 6.07) is 17.4. The number of aromatic amines is 1. The summed E-state index contributed by atoms with van der Waals surface area (Å²) in [6.07, 6.45) is 5.66. The SMILES string of the molecule is CC[C@@H](C(=O)NC(C(=O)N1CCC[C@H]1C(C)=O)C(C)c1ccccc1)N(N)C(=O)[C@@H]1CCCN1CC(=O)NC(=O)[C@H](Cc1c[nH]c2ccc(C)cc12)NC(=O)CNC(=O)[C@H](CCCCNC)NC(=O)CCSCc1cccc(CSCCNC)c1. The predicted octanol–water partition coefficient (Wildman–Crippen LogP) is 3.73. The Balaban J connectivity index is 1.07. The molecule has 3 heterocycles. The van der Waals surface area contributed by atoms with Crippen molar-refractivity contribution in [2.24, 2.45) is 5.84 Å². The van der Waals surface area contributed by atoms with Gasteiger partial charge in [0.05, 0.1) is 25.2 Å². The summed E-state index contributed by atoms with van der Waals surface area (Å²) >= 11 is 3.51. The molecule has 2 unspecified atom stereocenters. The number of hydrogen-bond donors (Lipinski definition) is 9. The van der Waals surface area contributed by atoms with Crippen LogP contribution in [0, 0.1) is 6.92 Å². The fraction of sp³-hybridized carbons (Fsp3) is 0.532. The number of unbranched alkanes of at least 4 members (excludes halogenated alkanes) is 1. The average Bonchev–Trinajstić information content (AvgIpc) is 4.41. The number of imide groups is 1. The molecular formula is C62H88N12O9S2. The van der Waals surface area contributed by atoms with Crippen molar-refractivity contribution in [2.45, 2.75) is 146 Å². The highest BCUT2D eigenvalue weighted by Crippen LogP contribution is 2.27. The van der Waals surface area contributed by atoms with Gasteiger partial charge in [0.2, 0.25) is 41.4 Å². The summed E-state index contributed by atoms with van der Waals surface area (Å²) in [5, 5.41) is 21.5. The van der Waals surface area contributed by atoms with Gasteiger partial charge in [0.1, 0.15) is 24.2 Å². The lowest BCUT2D eigenvalue weighted by molar-refractivity contribution is -0.147. The molecule has 0 bridgehead atoms. The molecule has 0 aliphatic carbocycles. The van der Waals surface area contributed by atoms with E-state index in [1.54, 1.807) is 29.8 Å². The largest absolute Gasteiger partial charge is 0.361 e. The first-order valence-electron chi connectivity index (χ1n) is 29.7. The Morgan fingerprint density at radius 2 is 1.45 bits per heavy atom. The third-order valence-corrected chi connectivity index (χ3v) is 17.7. The number of aromatic nitrogens is 1. The van der Waals surface area contributed by atoms with Gasteiger partial charge in [-0.1, -0.05) is 80.1 Å². The fourth-order valence-corrected chi connectivity index (χ4v) is 12.7. The van der Waals surface area contributed by atoms with Crippen molar-refractivity contribution in [3.8, 4) is 0 Å². The summed E-state index contributed by atoms with van der Waals surface area (Å²) in [5.74, 6) is 4.28. The molecule has 23 heteroatoms. The number of aryl methyl sites for hydroxylation is 1. The number of amides is 8. The second kappa shape index (κ2) is 34.5. The van der Waals surface area contributed by atoms with Crippen molar-refractivity contribution in [3.63, 3.8) is 0 Å². The van der Waals surface area contributed by atoms with Crippen LogP contribution >= 0.6 is 23.5 Å². The normalized spacial score (nSPS) is 16.9. The molecule has 2 aliphatic heterocycles. The number of carbonyl (C=O) groups is 9. The number of Topliss-reactive ketones (excluding diaryl/α,β-unsaturated/α-hetero) is 1. The van der Waals surface area contributed by atoms with Gasteiger partial charge in [0.15, 0.2) is 5.78 Å². The van der Waals surface area contributed by atoms with Gasteiger partial charge >= 0.3 is 0 Å². The summed E-state index contributed by atoms with van der Waals surface area (Å²) in [4.78, 5) is 131. The van der Waals surface area contributed by atoms with Gasteiger partial charge in [-0.2, -0.15) is 23.5 Å². The molecule has 462 valence electrons. The van der Waals surface area contributed by atoms with Gasteiger partial charge < -0.3 is 41.8 Å². The molecule has 6 rings (SSSR count). The highest BCUT2D eigenvalue weighted by molar-refractivity contribution is 7.98. The van der Waals surface area contributed by atoms with Crippen molar-refractivity contribution in [1.29, 1.82) is 0 Å². The van der Waals surface area contributed by atoms with E-state index < -0.39 is 96.6 Å². The molecule has 2 fully saturated rings. The number of ketones is 1. The molecule has 21 nitrogen and oxygen atoms in total. The van der Waals surface area contributed by atoms with Crippen LogP contribution in [0.4, 0.5) is 0 Å². The van der Waals surface area contributed by atoms with Crippen molar-refractivity contribution in [2.75, 3.05) is 64.9 Å². The van der Waals surface area contributed by atoms with E-state index in [1.807, 2.05) is 88.2 Å². The first-order chi connectivity index (χ1) is 40.9. The topological polar surface area (TPSA) is 289 Å². The number of rotatable bonds is 34. The molecule has 3 aromatic carbocycles. The number of H-pyrrole nitrogens is 1. The van der Waals surface area contributed by atoms with E-state index >= 15 is 0 Å². The number of hydrogen-bond acceptors (Lipinski definition) is 15. The Labute approximate surface area is 508 Å². The number of nitrogens with one attached hydrogen (secondary N) is 8. The molecule has 8 amide bonds. The maximum absolute atomic E-state index is 14.3. The van der Waals surface area contributed by atoms with Gasteiger partial charge in [-0.15, -0.1) is 0 Å². The van der Waals surface area contributed by atoms with Crippen LogP contribution in [0.3, 0.4) is 0 Å². The second-order valence-electron chi connectivity index (χ2n) is 22.1. The minimum atomic E-state index is -1.30. The highest BCUT2D eigenvalue weighted by Gasteiger charge is 2.42. The zero-order valence-electron chi connectivity index (χ0n) is 50.1. The minimum Gasteiger partial charge on any atom is -0.361 e. The van der Waals surface area contributed by atoms with Crippen LogP contribution in [0.1, 0.15) is 112 Å². The molecule has 85 heavy (non-hydrogen) atoms. The van der Waals surface area contributed by atoms with E-state index in [9.17, 15) is 43.2 Å². The Bertz CT molecular complexity index is 2910. The lowest BCUT2D eigenvalue weighted by Crippen LogP contribution is -2.61. The standard InChI is InChI=1S/C62H88N12O9S2/c1-7-51(60(81)71-57(41(3)45-18-9-8-10-19-45)62(83)73-29-15-21-52(73)42(4)75)74(63)61(82)53-22-14-28-72(53)37-56(78)70-59(80)50(34-46-35-66-48-24-23-40(2)32-47(46)48)69-55(77)36-67-58(79)49(20-11-12-26-64-5)68-54(76)25-30-84-38-43-16-13-17-44(33-43)39-85-31-27-65-6/h8-10,13,16-19,23-24,32-33,35,41,49-53,57,64-66H,7,11-12,14-15,20-22,25-31,34,36-39,63H2,1-6H3,(H,67,79)(H,68,76)(H,69,77)(H,71,81)(H,70,78,80)/t41?,49-,50-,51-,52-,53-,57?/m0/s1. The second-order valence-corrected chi connectivity index (χ2v) is 24.3. The number of thioether (sulfide) groups is 2. The van der Waals surface area contributed by atoms with Gasteiger partial charge in [0, 0.05) is 72.0 Å². The van der Waals surface area contributed by atoms with Crippen molar-refractivity contribution in [1.82, 2.24) is 57.0 Å². The van der Waals surface area contributed by atoms with Crippen molar-refractivity contribution < 1.29 is 43.2 Å². The molecule has 0 radical (unpaired) electrons. The van der Waals surface area contributed by atoms with Crippen LogP contribution in [0.15, 0.2) is 79.0 Å². The average molecular weight is 1210 g/mol. The number of fused-ring (bicyclic) bond motifs is 1. The summed E-state index contributed by atoms with van der Waals surface area (Å²) < 4.78 is 0. The first-order valence-corrected chi connectivity index (χ1v) is 32.0. The monoisotopic (exact) mass is 1210 g/mol. The molecule has 0 spiro atoms. The number of carbonyl (C=O) groups excluding carboxylic acids is 9. The van der Waals surface area contributed by atoms with Gasteiger partial charge in [-0.3, -0.25) is 58.4 Å². The minimum absolute atomic E-state index is 0.0365. The van der Waals surface area contributed by atoms with Crippen molar-refractivity contribution in [3.05, 3.63) is 107 Å². The lowest BCUT2D eigenvalue weighted by atomic mass is 9.91. The Morgan fingerprint density at radius 3 is 2.15 bits per heavy atom. The quantitative estimate of drug-likeness (QED) is 0.0139. The zero-order chi connectivity index (χ0) is 61.4. The molecular weight excluding hydrogens is 1120 g/mol. The maximum atomic E-state index is 14.3. The zero-order valence-corrected chi connectivity index (χ0v) is 51.7. The van der Waals surface area contributed by atoms with Crippen LogP contribution in [-0.4, -0.2) is 174 Å². The highest BCUT2D eigenvalue weighted by atomic mass is 32.2. The number of hydrazine groups is 1. The molecule has 1 aromatic heterocycles. The fourth-order valence-electron chi connectivity index (χ4n) is 10.9. The van der Waals surface area contributed by atoms with Crippen LogP contribution in [0.5, 0.6) is 0 Å². The van der Waals surface area contributed by atoms with Gasteiger partial charge in [-0.05, 0) is 127 Å². The van der Waals surface area contributed by atoms with E-state index in [0.717, 1.165) is 57.3 Å². The smallest absolute Gasteiger partial charge is 0.254 e. The Morgan fingerprint density at radius 1 is 0.753 bits per heavy atom. The van der Waals surface area contributed by atoms with Crippen LogP contribution < -0.4 is 43.1 Å². The molecule has 7 atom stereocenters. The summed E-state index contributed by atoms with van der Waals surface area (Å²) in [5.41, 5.74) is 5.66. The number of nitrogens with zero attached hydrogens (tertiary/aromatic N) is 3. The predicted molar refractivity (Wildman–Crippen MR) is 334 cm³/mol. The molecule has 0 saturated carbocycles. The van der Waals surface area contributed by atoms with Gasteiger partial charge in [-0.25, -0.2) is 5.84 Å². The van der Waals surface area contributed by atoms with Crippen LogP contribution in [0.25, 0.3) is 10.9 Å². The molecule has 10 N–H and O–H groups in total. The number of likely N-dealkylation sites (tertiary alicyclic amines) is 2. The van der Waals surface area contributed by atoms with E-state index in [2.05, 4.69) is 66.5 Å². The van der Waals surface area contributed by atoms with E-state index in [-0.39, 0.29) is 31.0 Å². The maximum Gasteiger partial charge on any atom is 0.254 e. The third kappa shape index (κ3) is 20.2. The lowest BCUT2D eigenvalue weighted by Gasteiger charge is -2.34. The summed E-state index contributed by atoms with van der Waals surface area (Å²) in [7, 11) is 3.77. The Hall–Kier alpha value is -6.63. The third-order valence-electron chi connectivity index (χ3n) is 15.7. The van der Waals surface area contributed by atoms with E-state index in [1.165, 1.54) is 23.0 Å². The summed E-state index contributed by atoms with van der Waals surface area (Å²) in [6.45, 7) is 8.29. The Kier molecular flexibility index (Phi) is 27.4. The van der Waals surface area contributed by atoms with E-state index in [0.29, 0.717) is 69.5 Å². The van der Waals surface area contributed by atoms with Crippen LogP contribution in [-0.2, 0) is 61.1 Å². The molecule has 2 aliphatic rings. The van der Waals surface area contributed by atoms with E-state index in [4.69, 9.17) is 5.84 Å². The number of benzene rings is 3.